The van der Waals surface area contributed by atoms with Gasteiger partial charge in [0, 0.05) is 18.3 Å². The molecule has 112 valence electrons. The standard InChI is InChI=1S/C14H13F3N2O2/c1-20-13-10(5-4-8-18-13)9-19-11-6-2-3-7-12(11)21-14(15,16)17/h2-8,19H,9H2,1H3. The summed E-state index contributed by atoms with van der Waals surface area (Å²) in [4.78, 5) is 4.02. The van der Waals surface area contributed by atoms with E-state index in [0.29, 0.717) is 5.88 Å². The molecular weight excluding hydrogens is 285 g/mol. The van der Waals surface area contributed by atoms with Crippen LogP contribution >= 0.6 is 0 Å². The number of aromatic nitrogens is 1. The van der Waals surface area contributed by atoms with Gasteiger partial charge in [-0.15, -0.1) is 13.2 Å². The van der Waals surface area contributed by atoms with E-state index in [1.807, 2.05) is 0 Å². The molecular formula is C14H13F3N2O2. The van der Waals surface area contributed by atoms with E-state index in [9.17, 15) is 13.2 Å². The van der Waals surface area contributed by atoms with Gasteiger partial charge in [0.05, 0.1) is 12.8 Å². The van der Waals surface area contributed by atoms with Crippen molar-refractivity contribution in [2.75, 3.05) is 12.4 Å². The number of ether oxygens (including phenoxy) is 2. The van der Waals surface area contributed by atoms with Crippen molar-refractivity contribution in [2.45, 2.75) is 12.9 Å². The summed E-state index contributed by atoms with van der Waals surface area (Å²) in [5.74, 6) is 0.132. The molecule has 2 rings (SSSR count). The van der Waals surface area contributed by atoms with Crippen molar-refractivity contribution in [3.8, 4) is 11.6 Å². The second kappa shape index (κ2) is 6.34. The van der Waals surface area contributed by atoms with Gasteiger partial charge >= 0.3 is 6.36 Å². The minimum absolute atomic E-state index is 0.237. The summed E-state index contributed by atoms with van der Waals surface area (Å²) in [5, 5.41) is 2.88. The van der Waals surface area contributed by atoms with Gasteiger partial charge in [0.2, 0.25) is 5.88 Å². The highest BCUT2D eigenvalue weighted by Crippen LogP contribution is 2.30. The van der Waals surface area contributed by atoms with E-state index in [4.69, 9.17) is 4.74 Å². The number of hydrogen-bond donors (Lipinski definition) is 1. The van der Waals surface area contributed by atoms with Crippen LogP contribution < -0.4 is 14.8 Å². The zero-order chi connectivity index (χ0) is 15.3. The van der Waals surface area contributed by atoms with Crippen LogP contribution in [0.3, 0.4) is 0 Å². The Hall–Kier alpha value is -2.44. The SMILES string of the molecule is COc1ncccc1CNc1ccccc1OC(F)(F)F. The zero-order valence-electron chi connectivity index (χ0n) is 11.1. The first kappa shape index (κ1) is 15.0. The molecule has 0 amide bonds. The van der Waals surface area contributed by atoms with Crippen LogP contribution in [0.15, 0.2) is 42.6 Å². The highest BCUT2D eigenvalue weighted by molar-refractivity contribution is 5.56. The van der Waals surface area contributed by atoms with Crippen molar-refractivity contribution in [1.29, 1.82) is 0 Å². The minimum Gasteiger partial charge on any atom is -0.481 e. The van der Waals surface area contributed by atoms with Crippen LogP contribution in [0.1, 0.15) is 5.56 Å². The Morgan fingerprint density at radius 3 is 2.62 bits per heavy atom. The number of para-hydroxylation sites is 2. The number of alkyl halides is 3. The van der Waals surface area contributed by atoms with Crippen molar-refractivity contribution >= 4 is 5.69 Å². The largest absolute Gasteiger partial charge is 0.573 e. The summed E-state index contributed by atoms with van der Waals surface area (Å²) in [6, 6.07) is 9.33. The normalized spacial score (nSPS) is 11.0. The summed E-state index contributed by atoms with van der Waals surface area (Å²) in [6.07, 6.45) is -3.16. The van der Waals surface area contributed by atoms with Crippen molar-refractivity contribution in [3.05, 3.63) is 48.2 Å². The number of nitrogens with one attached hydrogen (secondary N) is 1. The molecule has 0 aliphatic carbocycles. The number of pyridine rings is 1. The molecule has 1 heterocycles. The van der Waals surface area contributed by atoms with Gasteiger partial charge in [0.15, 0.2) is 5.75 Å². The molecule has 21 heavy (non-hydrogen) atoms. The van der Waals surface area contributed by atoms with Crippen LogP contribution in [-0.4, -0.2) is 18.5 Å². The molecule has 0 radical (unpaired) electrons. The lowest BCUT2D eigenvalue weighted by atomic mass is 10.2. The highest BCUT2D eigenvalue weighted by Gasteiger charge is 2.32. The van der Waals surface area contributed by atoms with Gasteiger partial charge < -0.3 is 14.8 Å². The van der Waals surface area contributed by atoms with E-state index in [2.05, 4.69) is 15.0 Å². The minimum atomic E-state index is -4.73. The third-order valence-corrected chi connectivity index (χ3v) is 2.63. The van der Waals surface area contributed by atoms with Crippen molar-refractivity contribution in [2.24, 2.45) is 0 Å². The Kier molecular flexibility index (Phi) is 4.52. The first-order chi connectivity index (χ1) is 9.99. The average molecular weight is 298 g/mol. The first-order valence-electron chi connectivity index (χ1n) is 6.06. The van der Waals surface area contributed by atoms with Crippen LogP contribution in [0, 0.1) is 0 Å². The molecule has 0 saturated heterocycles. The molecule has 1 N–H and O–H groups in total. The number of nitrogens with zero attached hydrogens (tertiary/aromatic N) is 1. The van der Waals surface area contributed by atoms with Gasteiger partial charge in [-0.3, -0.25) is 0 Å². The predicted molar refractivity (Wildman–Crippen MR) is 71.2 cm³/mol. The molecule has 0 aliphatic heterocycles. The fraction of sp³-hybridized carbons (Fsp3) is 0.214. The predicted octanol–water partition coefficient (Wildman–Crippen LogP) is 3.60. The van der Waals surface area contributed by atoms with E-state index in [-0.39, 0.29) is 18.0 Å². The van der Waals surface area contributed by atoms with Crippen molar-refractivity contribution < 1.29 is 22.6 Å². The number of halogens is 3. The topological polar surface area (TPSA) is 43.4 Å². The number of hydrogen-bond acceptors (Lipinski definition) is 4. The van der Waals surface area contributed by atoms with Crippen LogP contribution in [0.2, 0.25) is 0 Å². The molecule has 0 aliphatic rings. The molecule has 0 fully saturated rings. The van der Waals surface area contributed by atoms with Crippen LogP contribution in [-0.2, 0) is 6.54 Å². The zero-order valence-corrected chi connectivity index (χ0v) is 11.1. The molecule has 0 saturated carbocycles. The Morgan fingerprint density at radius 2 is 1.90 bits per heavy atom. The second-order valence-corrected chi connectivity index (χ2v) is 4.07. The Labute approximate surface area is 119 Å². The summed E-state index contributed by atoms with van der Waals surface area (Å²) < 4.78 is 46.0. The highest BCUT2D eigenvalue weighted by atomic mass is 19.4. The van der Waals surface area contributed by atoms with Crippen molar-refractivity contribution in [1.82, 2.24) is 4.98 Å². The monoisotopic (exact) mass is 298 g/mol. The van der Waals surface area contributed by atoms with E-state index in [0.717, 1.165) is 5.56 Å². The van der Waals surface area contributed by atoms with Gasteiger partial charge in [0.25, 0.3) is 0 Å². The van der Waals surface area contributed by atoms with E-state index in [1.165, 1.54) is 25.3 Å². The quantitative estimate of drug-likeness (QED) is 0.916. The van der Waals surface area contributed by atoms with Gasteiger partial charge in [-0.2, -0.15) is 0 Å². The second-order valence-electron chi connectivity index (χ2n) is 4.07. The van der Waals surface area contributed by atoms with Crippen LogP contribution in [0.4, 0.5) is 18.9 Å². The molecule has 1 aromatic heterocycles. The third-order valence-electron chi connectivity index (χ3n) is 2.63. The van der Waals surface area contributed by atoms with Crippen LogP contribution in [0.25, 0.3) is 0 Å². The van der Waals surface area contributed by atoms with E-state index in [1.54, 1.807) is 24.4 Å². The Morgan fingerprint density at radius 1 is 1.14 bits per heavy atom. The van der Waals surface area contributed by atoms with Gasteiger partial charge in [0.1, 0.15) is 0 Å². The third kappa shape index (κ3) is 4.27. The smallest absolute Gasteiger partial charge is 0.481 e. The molecule has 0 atom stereocenters. The van der Waals surface area contributed by atoms with E-state index >= 15 is 0 Å². The van der Waals surface area contributed by atoms with Crippen molar-refractivity contribution in [3.63, 3.8) is 0 Å². The van der Waals surface area contributed by atoms with Gasteiger partial charge in [-0.25, -0.2) is 4.98 Å². The lowest BCUT2D eigenvalue weighted by Gasteiger charge is -2.15. The molecule has 1 aromatic carbocycles. The van der Waals surface area contributed by atoms with Gasteiger partial charge in [-0.1, -0.05) is 18.2 Å². The summed E-state index contributed by atoms with van der Waals surface area (Å²) >= 11 is 0. The van der Waals surface area contributed by atoms with E-state index < -0.39 is 6.36 Å². The number of rotatable bonds is 5. The maximum atomic E-state index is 12.3. The summed E-state index contributed by atoms with van der Waals surface area (Å²) in [6.45, 7) is 0.259. The molecule has 0 unspecified atom stereocenters. The fourth-order valence-electron chi connectivity index (χ4n) is 1.76. The number of anilines is 1. The molecule has 7 heteroatoms. The fourth-order valence-corrected chi connectivity index (χ4v) is 1.76. The Bertz CT molecular complexity index is 603. The first-order valence-corrected chi connectivity index (χ1v) is 6.06. The Balaban J connectivity index is 2.13. The maximum absolute atomic E-state index is 12.3. The maximum Gasteiger partial charge on any atom is 0.573 e. The van der Waals surface area contributed by atoms with Crippen LogP contribution in [0.5, 0.6) is 11.6 Å². The average Bonchev–Trinajstić information content (AvgIpc) is 2.45. The number of methoxy groups -OCH3 is 1. The molecule has 2 aromatic rings. The number of benzene rings is 1. The lowest BCUT2D eigenvalue weighted by Crippen LogP contribution is -2.18. The molecule has 0 spiro atoms. The summed E-state index contributed by atoms with van der Waals surface area (Å²) in [7, 11) is 1.48. The summed E-state index contributed by atoms with van der Waals surface area (Å²) in [5.41, 5.74) is 0.961. The van der Waals surface area contributed by atoms with Gasteiger partial charge in [-0.05, 0) is 18.2 Å². The molecule has 4 nitrogen and oxygen atoms in total. The lowest BCUT2D eigenvalue weighted by molar-refractivity contribution is -0.274. The molecule has 0 bridgehead atoms.